The van der Waals surface area contributed by atoms with Crippen molar-refractivity contribution >= 4 is 28.7 Å². The minimum absolute atomic E-state index is 0.00803. The average molecular weight is 351 g/mol. The maximum Gasteiger partial charge on any atom is 0.299 e. The van der Waals surface area contributed by atoms with E-state index in [2.05, 4.69) is 4.98 Å². The van der Waals surface area contributed by atoms with Gasteiger partial charge in [0, 0.05) is 10.9 Å². The molecule has 0 saturated heterocycles. The summed E-state index contributed by atoms with van der Waals surface area (Å²) in [7, 11) is 0. The molecule has 25 heavy (non-hydrogen) atoms. The number of hydrogen-bond acceptors (Lipinski definition) is 6. The fourth-order valence-corrected chi connectivity index (χ4v) is 3.34. The lowest BCUT2D eigenvalue weighted by molar-refractivity contribution is -0.120. The molecule has 7 heteroatoms. The van der Waals surface area contributed by atoms with Crippen molar-refractivity contribution in [3.63, 3.8) is 0 Å². The van der Waals surface area contributed by atoms with Crippen LogP contribution in [0.2, 0.25) is 0 Å². The molecular weight excluding hydrogens is 338 g/mol. The highest BCUT2D eigenvalue weighted by molar-refractivity contribution is 7.12. The van der Waals surface area contributed by atoms with Crippen molar-refractivity contribution < 1.29 is 14.6 Å². The van der Waals surface area contributed by atoms with Gasteiger partial charge in [-0.05, 0) is 11.6 Å². The van der Waals surface area contributed by atoms with E-state index in [-0.39, 0.29) is 12.5 Å². The number of aliphatic hydroxyl groups is 1. The van der Waals surface area contributed by atoms with E-state index < -0.39 is 0 Å². The van der Waals surface area contributed by atoms with E-state index in [1.807, 2.05) is 48.5 Å². The van der Waals surface area contributed by atoms with Gasteiger partial charge in [-0.15, -0.1) is 0 Å². The molecule has 0 bridgehead atoms. The van der Waals surface area contributed by atoms with Crippen LogP contribution in [0.25, 0.3) is 27.3 Å². The first-order valence-corrected chi connectivity index (χ1v) is 8.42. The van der Waals surface area contributed by atoms with Gasteiger partial charge in [0.05, 0.1) is 17.5 Å². The Hall–Kier alpha value is -3.03. The van der Waals surface area contributed by atoms with Crippen molar-refractivity contribution in [1.82, 2.24) is 14.8 Å². The fraction of sp³-hybridized carbons (Fsp3) is 0.0556. The number of para-hydroxylation sites is 1. The van der Waals surface area contributed by atoms with Gasteiger partial charge in [0.25, 0.3) is 6.47 Å². The van der Waals surface area contributed by atoms with Crippen LogP contribution in [0, 0.1) is 0 Å². The van der Waals surface area contributed by atoms with Crippen molar-refractivity contribution in [2.24, 2.45) is 0 Å². The highest BCUT2D eigenvalue weighted by atomic mass is 32.1. The lowest BCUT2D eigenvalue weighted by Gasteiger charge is -2.00. The Kier molecular flexibility index (Phi) is 4.01. The first-order valence-electron chi connectivity index (χ1n) is 7.54. The molecule has 2 aromatic heterocycles. The SMILES string of the molecule is O=COc1csc(-n2nc(-c3ccc(CO)cc3)c3ccccc32)n1. The van der Waals surface area contributed by atoms with E-state index in [1.165, 1.54) is 11.3 Å². The number of fused-ring (bicyclic) bond motifs is 1. The first kappa shape index (κ1) is 15.5. The van der Waals surface area contributed by atoms with Crippen LogP contribution >= 0.6 is 11.3 Å². The van der Waals surface area contributed by atoms with Crippen LogP contribution in [0.4, 0.5) is 0 Å². The van der Waals surface area contributed by atoms with Crippen LogP contribution in [0.1, 0.15) is 5.56 Å². The van der Waals surface area contributed by atoms with Crippen molar-refractivity contribution in [3.05, 3.63) is 59.5 Å². The van der Waals surface area contributed by atoms with Crippen LogP contribution in [0.5, 0.6) is 5.88 Å². The lowest BCUT2D eigenvalue weighted by atomic mass is 10.1. The predicted molar refractivity (Wildman–Crippen MR) is 94.8 cm³/mol. The molecule has 0 spiro atoms. The first-order chi connectivity index (χ1) is 12.3. The Labute approximate surface area is 146 Å². The number of carbonyl (C=O) groups excluding carboxylic acids is 1. The third-order valence-electron chi connectivity index (χ3n) is 3.82. The Morgan fingerprint density at radius 1 is 1.16 bits per heavy atom. The topological polar surface area (TPSA) is 77.2 Å². The Bertz CT molecular complexity index is 1040. The van der Waals surface area contributed by atoms with Gasteiger partial charge in [-0.25, -0.2) is 4.68 Å². The Morgan fingerprint density at radius 3 is 2.72 bits per heavy atom. The zero-order chi connectivity index (χ0) is 17.2. The van der Waals surface area contributed by atoms with Crippen LogP contribution in [-0.2, 0) is 11.4 Å². The number of ether oxygens (including phenoxy) is 1. The normalized spacial score (nSPS) is 10.9. The zero-order valence-electron chi connectivity index (χ0n) is 13.0. The Morgan fingerprint density at radius 2 is 1.96 bits per heavy atom. The fourth-order valence-electron chi connectivity index (χ4n) is 2.64. The largest absolute Gasteiger partial charge is 0.409 e. The molecule has 0 radical (unpaired) electrons. The smallest absolute Gasteiger partial charge is 0.299 e. The van der Waals surface area contributed by atoms with Gasteiger partial charge in [-0.1, -0.05) is 53.8 Å². The van der Waals surface area contributed by atoms with Gasteiger partial charge in [-0.3, -0.25) is 4.79 Å². The van der Waals surface area contributed by atoms with E-state index in [0.717, 1.165) is 27.7 Å². The molecule has 0 aliphatic heterocycles. The minimum atomic E-state index is 0.00803. The predicted octanol–water partition coefficient (Wildman–Crippen LogP) is 3.18. The lowest BCUT2D eigenvalue weighted by Crippen LogP contribution is -1.96. The summed E-state index contributed by atoms with van der Waals surface area (Å²) in [4.78, 5) is 14.8. The number of benzene rings is 2. The van der Waals surface area contributed by atoms with E-state index in [0.29, 0.717) is 11.6 Å². The van der Waals surface area contributed by atoms with Crippen molar-refractivity contribution in [3.8, 4) is 22.3 Å². The molecule has 0 unspecified atom stereocenters. The number of hydrogen-bond donors (Lipinski definition) is 1. The molecule has 1 N–H and O–H groups in total. The monoisotopic (exact) mass is 351 g/mol. The maximum atomic E-state index is 10.5. The summed E-state index contributed by atoms with van der Waals surface area (Å²) in [5.74, 6) is 0.253. The second kappa shape index (κ2) is 6.46. The number of aromatic nitrogens is 3. The molecule has 0 atom stereocenters. The minimum Gasteiger partial charge on any atom is -0.409 e. The zero-order valence-corrected chi connectivity index (χ0v) is 13.8. The number of thiazole rings is 1. The van der Waals surface area contributed by atoms with Crippen LogP contribution in [0.15, 0.2) is 53.9 Å². The molecule has 0 amide bonds. The van der Waals surface area contributed by atoms with E-state index in [9.17, 15) is 9.90 Å². The van der Waals surface area contributed by atoms with Crippen LogP contribution in [-0.4, -0.2) is 26.3 Å². The summed E-state index contributed by atoms with van der Waals surface area (Å²) in [5, 5.41) is 17.2. The molecule has 0 fully saturated rings. The highest BCUT2D eigenvalue weighted by Gasteiger charge is 2.15. The third-order valence-corrected chi connectivity index (χ3v) is 4.61. The van der Waals surface area contributed by atoms with E-state index in [4.69, 9.17) is 9.84 Å². The highest BCUT2D eigenvalue weighted by Crippen LogP contribution is 2.31. The van der Waals surface area contributed by atoms with Gasteiger partial charge < -0.3 is 9.84 Å². The third kappa shape index (κ3) is 2.79. The van der Waals surface area contributed by atoms with Crippen molar-refractivity contribution in [2.75, 3.05) is 0 Å². The Balaban J connectivity index is 1.86. The molecule has 4 aromatic rings. The summed E-state index contributed by atoms with van der Waals surface area (Å²) in [6.07, 6.45) is 0. The second-order valence-corrected chi connectivity index (χ2v) is 6.15. The summed E-state index contributed by atoms with van der Waals surface area (Å²) in [6, 6.07) is 15.5. The molecule has 124 valence electrons. The molecule has 6 nitrogen and oxygen atoms in total. The van der Waals surface area contributed by atoms with E-state index in [1.54, 1.807) is 10.1 Å². The molecule has 0 aliphatic rings. The molecule has 0 saturated carbocycles. The summed E-state index contributed by atoms with van der Waals surface area (Å²) < 4.78 is 6.53. The number of rotatable bonds is 5. The molecule has 4 rings (SSSR count). The average Bonchev–Trinajstić information content (AvgIpc) is 3.27. The van der Waals surface area contributed by atoms with Crippen LogP contribution in [0.3, 0.4) is 0 Å². The van der Waals surface area contributed by atoms with Crippen LogP contribution < -0.4 is 4.74 Å². The number of aliphatic hydroxyl groups excluding tert-OH is 1. The number of carbonyl (C=O) groups is 1. The summed E-state index contributed by atoms with van der Waals surface area (Å²) >= 11 is 1.34. The standard InChI is InChI=1S/C18H13N3O3S/c22-9-12-5-7-13(8-6-12)17-14-3-1-2-4-15(14)21(20-17)18-19-16(10-25-18)24-11-23/h1-8,10-11,22H,9H2. The maximum absolute atomic E-state index is 10.5. The molecule has 2 heterocycles. The van der Waals surface area contributed by atoms with Gasteiger partial charge in [0.15, 0.2) is 0 Å². The molecule has 2 aromatic carbocycles. The van der Waals surface area contributed by atoms with Crippen molar-refractivity contribution in [1.29, 1.82) is 0 Å². The van der Waals surface area contributed by atoms with Gasteiger partial charge in [0.1, 0.15) is 5.69 Å². The summed E-state index contributed by atoms with van der Waals surface area (Å²) in [6.45, 7) is 0.363. The molecular formula is C18H13N3O3S. The second-order valence-electron chi connectivity index (χ2n) is 5.31. The number of nitrogens with zero attached hydrogens (tertiary/aromatic N) is 3. The molecule has 0 aliphatic carbocycles. The van der Waals surface area contributed by atoms with E-state index >= 15 is 0 Å². The van der Waals surface area contributed by atoms with Crippen molar-refractivity contribution in [2.45, 2.75) is 6.61 Å². The van der Waals surface area contributed by atoms with Gasteiger partial charge in [0.2, 0.25) is 11.0 Å². The summed E-state index contributed by atoms with van der Waals surface area (Å²) in [5.41, 5.74) is 3.54. The quantitative estimate of drug-likeness (QED) is 0.559. The van der Waals surface area contributed by atoms with Gasteiger partial charge in [-0.2, -0.15) is 10.1 Å². The van der Waals surface area contributed by atoms with Gasteiger partial charge >= 0.3 is 0 Å².